The van der Waals surface area contributed by atoms with Crippen LogP contribution in [0.5, 0.6) is 0 Å². The Kier molecular flexibility index (Phi) is 5.47. The molecule has 2 amide bonds. The molecule has 6 heteroatoms. The van der Waals surface area contributed by atoms with Gasteiger partial charge in [0.15, 0.2) is 0 Å². The highest BCUT2D eigenvalue weighted by Crippen LogP contribution is 2.32. The normalized spacial score (nSPS) is 23.6. The number of rotatable bonds is 5. The number of aliphatic hydroxyl groups excluding tert-OH is 1. The van der Waals surface area contributed by atoms with Crippen LogP contribution in [0.15, 0.2) is 16.5 Å². The van der Waals surface area contributed by atoms with E-state index < -0.39 is 12.1 Å². The van der Waals surface area contributed by atoms with Crippen molar-refractivity contribution in [3.8, 4) is 0 Å². The first kappa shape index (κ1) is 18.0. The Hall–Kier alpha value is -1.82. The third-order valence-corrected chi connectivity index (χ3v) is 5.12. The van der Waals surface area contributed by atoms with Crippen LogP contribution in [0.25, 0.3) is 0 Å². The lowest BCUT2D eigenvalue weighted by molar-refractivity contribution is -0.142. The van der Waals surface area contributed by atoms with Gasteiger partial charge in [0, 0.05) is 12.5 Å². The first-order chi connectivity index (χ1) is 12.0. The molecule has 1 saturated carbocycles. The fourth-order valence-electron chi connectivity index (χ4n) is 3.48. The summed E-state index contributed by atoms with van der Waals surface area (Å²) in [5.41, 5.74) is 0. The maximum absolute atomic E-state index is 13.2. The number of nitrogens with zero attached hydrogens (tertiary/aromatic N) is 1. The maximum Gasteiger partial charge on any atom is 0.248 e. The van der Waals surface area contributed by atoms with Gasteiger partial charge in [0.1, 0.15) is 17.6 Å². The van der Waals surface area contributed by atoms with E-state index in [1.165, 1.54) is 0 Å². The molecule has 2 fully saturated rings. The number of carbonyl (C=O) groups is 2. The van der Waals surface area contributed by atoms with E-state index in [9.17, 15) is 14.7 Å². The molecular weight excluding hydrogens is 320 g/mol. The SMILES string of the molecule is Cc1ccc(C2CCCCCN2C(=O)C(NC(=O)C2CC2)C(C)O)o1. The zero-order valence-corrected chi connectivity index (χ0v) is 15.0. The minimum atomic E-state index is -0.933. The van der Waals surface area contributed by atoms with Gasteiger partial charge in [-0.3, -0.25) is 9.59 Å². The highest BCUT2D eigenvalue weighted by atomic mass is 16.3. The van der Waals surface area contributed by atoms with Gasteiger partial charge in [0.2, 0.25) is 11.8 Å². The minimum Gasteiger partial charge on any atom is -0.464 e. The molecule has 3 atom stereocenters. The third kappa shape index (κ3) is 4.24. The van der Waals surface area contributed by atoms with E-state index in [4.69, 9.17) is 4.42 Å². The summed E-state index contributed by atoms with van der Waals surface area (Å²) in [6.07, 6.45) is 4.65. The number of hydrogen-bond acceptors (Lipinski definition) is 4. The van der Waals surface area contributed by atoms with Crippen molar-refractivity contribution in [3.05, 3.63) is 23.7 Å². The second kappa shape index (κ2) is 7.60. The number of amides is 2. The molecule has 3 unspecified atom stereocenters. The molecule has 1 aromatic heterocycles. The summed E-state index contributed by atoms with van der Waals surface area (Å²) in [5.74, 6) is 1.26. The lowest BCUT2D eigenvalue weighted by atomic mass is 10.0. The Morgan fingerprint density at radius 3 is 2.60 bits per heavy atom. The molecule has 2 aliphatic rings. The highest BCUT2D eigenvalue weighted by molar-refractivity contribution is 5.90. The van der Waals surface area contributed by atoms with Crippen molar-refractivity contribution >= 4 is 11.8 Å². The molecule has 0 aromatic carbocycles. The van der Waals surface area contributed by atoms with E-state index in [1.807, 2.05) is 19.1 Å². The van der Waals surface area contributed by atoms with Crippen LogP contribution in [-0.4, -0.2) is 40.5 Å². The fourth-order valence-corrected chi connectivity index (χ4v) is 3.48. The van der Waals surface area contributed by atoms with Gasteiger partial charge in [0.25, 0.3) is 0 Å². The first-order valence-corrected chi connectivity index (χ1v) is 9.32. The third-order valence-electron chi connectivity index (χ3n) is 5.12. The summed E-state index contributed by atoms with van der Waals surface area (Å²) >= 11 is 0. The number of nitrogens with one attached hydrogen (secondary N) is 1. The number of furan rings is 1. The molecule has 6 nitrogen and oxygen atoms in total. The van der Waals surface area contributed by atoms with Crippen molar-refractivity contribution < 1.29 is 19.1 Å². The average molecular weight is 348 g/mol. The molecule has 1 aliphatic carbocycles. The van der Waals surface area contributed by atoms with Crippen LogP contribution in [0.4, 0.5) is 0 Å². The van der Waals surface area contributed by atoms with Crippen molar-refractivity contribution in [1.29, 1.82) is 0 Å². The largest absolute Gasteiger partial charge is 0.464 e. The molecular formula is C19H28N2O4. The second-order valence-corrected chi connectivity index (χ2v) is 7.35. The van der Waals surface area contributed by atoms with Crippen molar-refractivity contribution in [2.75, 3.05) is 6.54 Å². The van der Waals surface area contributed by atoms with Crippen LogP contribution >= 0.6 is 0 Å². The van der Waals surface area contributed by atoms with Gasteiger partial charge in [0.05, 0.1) is 12.1 Å². The van der Waals surface area contributed by atoms with Gasteiger partial charge in [-0.15, -0.1) is 0 Å². The minimum absolute atomic E-state index is 0.00158. The Bertz CT molecular complexity index is 621. The number of likely N-dealkylation sites (tertiary alicyclic amines) is 1. The summed E-state index contributed by atoms with van der Waals surface area (Å²) in [6, 6.07) is 2.79. The number of carbonyl (C=O) groups excluding carboxylic acids is 2. The van der Waals surface area contributed by atoms with Gasteiger partial charge in [-0.1, -0.05) is 12.8 Å². The van der Waals surface area contributed by atoms with E-state index in [-0.39, 0.29) is 23.8 Å². The number of aryl methyl sites for hydroxylation is 1. The van der Waals surface area contributed by atoms with Crippen molar-refractivity contribution in [1.82, 2.24) is 10.2 Å². The average Bonchev–Trinajstić information content (AvgIpc) is 3.37. The van der Waals surface area contributed by atoms with Crippen LogP contribution in [0.3, 0.4) is 0 Å². The lowest BCUT2D eigenvalue weighted by Crippen LogP contribution is -2.54. The van der Waals surface area contributed by atoms with E-state index in [1.54, 1.807) is 11.8 Å². The zero-order chi connectivity index (χ0) is 18.0. The monoisotopic (exact) mass is 348 g/mol. The van der Waals surface area contributed by atoms with Crippen molar-refractivity contribution in [2.45, 2.75) is 70.6 Å². The molecule has 138 valence electrons. The van der Waals surface area contributed by atoms with E-state index in [0.29, 0.717) is 6.54 Å². The quantitative estimate of drug-likeness (QED) is 0.855. The molecule has 0 spiro atoms. The van der Waals surface area contributed by atoms with E-state index in [2.05, 4.69) is 5.32 Å². The predicted molar refractivity (Wildman–Crippen MR) is 92.7 cm³/mol. The Labute approximate surface area is 148 Å². The topological polar surface area (TPSA) is 82.8 Å². The molecule has 0 bridgehead atoms. The first-order valence-electron chi connectivity index (χ1n) is 9.32. The molecule has 3 rings (SSSR count). The van der Waals surface area contributed by atoms with Crippen LogP contribution in [0, 0.1) is 12.8 Å². The van der Waals surface area contributed by atoms with Gasteiger partial charge in [-0.05, 0) is 51.7 Å². The Morgan fingerprint density at radius 2 is 2.00 bits per heavy atom. The summed E-state index contributed by atoms with van der Waals surface area (Å²) in [4.78, 5) is 27.1. The van der Waals surface area contributed by atoms with Gasteiger partial charge >= 0.3 is 0 Å². The van der Waals surface area contributed by atoms with Gasteiger partial charge < -0.3 is 19.7 Å². The van der Waals surface area contributed by atoms with Crippen LogP contribution in [0.2, 0.25) is 0 Å². The Morgan fingerprint density at radius 1 is 1.24 bits per heavy atom. The van der Waals surface area contributed by atoms with Crippen molar-refractivity contribution in [2.24, 2.45) is 5.92 Å². The van der Waals surface area contributed by atoms with Crippen LogP contribution in [0.1, 0.15) is 63.0 Å². The van der Waals surface area contributed by atoms with E-state index in [0.717, 1.165) is 50.0 Å². The van der Waals surface area contributed by atoms with Gasteiger partial charge in [-0.25, -0.2) is 0 Å². The summed E-state index contributed by atoms with van der Waals surface area (Å²) < 4.78 is 5.78. The highest BCUT2D eigenvalue weighted by Gasteiger charge is 2.38. The molecule has 1 aromatic rings. The fraction of sp³-hybridized carbons (Fsp3) is 0.684. The Balaban J connectivity index is 1.80. The standard InChI is InChI=1S/C19H28N2O4/c1-12-7-10-16(25-12)15-6-4-3-5-11-21(15)19(24)17(13(2)22)20-18(23)14-8-9-14/h7,10,13-15,17,22H,3-6,8-9,11H2,1-2H3,(H,20,23). The molecule has 0 radical (unpaired) electrons. The molecule has 1 saturated heterocycles. The molecule has 2 N–H and O–H groups in total. The number of aliphatic hydroxyl groups is 1. The number of hydrogen-bond donors (Lipinski definition) is 2. The van der Waals surface area contributed by atoms with Crippen molar-refractivity contribution in [3.63, 3.8) is 0 Å². The molecule has 2 heterocycles. The summed E-state index contributed by atoms with van der Waals surface area (Å²) in [7, 11) is 0. The van der Waals surface area contributed by atoms with Gasteiger partial charge in [-0.2, -0.15) is 0 Å². The van der Waals surface area contributed by atoms with E-state index >= 15 is 0 Å². The summed E-state index contributed by atoms with van der Waals surface area (Å²) in [6.45, 7) is 4.06. The second-order valence-electron chi connectivity index (χ2n) is 7.35. The zero-order valence-electron chi connectivity index (χ0n) is 15.0. The molecule has 25 heavy (non-hydrogen) atoms. The summed E-state index contributed by atoms with van der Waals surface area (Å²) in [5, 5.41) is 12.9. The molecule has 1 aliphatic heterocycles. The predicted octanol–water partition coefficient (Wildman–Crippen LogP) is 2.31. The van der Waals surface area contributed by atoms with Crippen LogP contribution < -0.4 is 5.32 Å². The lowest BCUT2D eigenvalue weighted by Gasteiger charge is -2.33. The van der Waals surface area contributed by atoms with Crippen LogP contribution in [-0.2, 0) is 9.59 Å². The smallest absolute Gasteiger partial charge is 0.248 e. The maximum atomic E-state index is 13.2.